The van der Waals surface area contributed by atoms with Crippen LogP contribution in [0.2, 0.25) is 0 Å². The zero-order chi connectivity index (χ0) is 17.5. The highest BCUT2D eigenvalue weighted by Crippen LogP contribution is 2.40. The van der Waals surface area contributed by atoms with Crippen molar-refractivity contribution in [3.8, 4) is 17.2 Å². The zero-order valence-corrected chi connectivity index (χ0v) is 14.7. The van der Waals surface area contributed by atoms with E-state index in [0.29, 0.717) is 28.9 Å². The van der Waals surface area contributed by atoms with Crippen molar-refractivity contribution in [1.29, 1.82) is 0 Å². The highest BCUT2D eigenvalue weighted by atomic mass is 16.5. The topological polar surface area (TPSA) is 81.6 Å². The van der Waals surface area contributed by atoms with E-state index in [-0.39, 0.29) is 0 Å². The monoisotopic (exact) mass is 333 g/mol. The lowest BCUT2D eigenvalue weighted by Crippen LogP contribution is -2.23. The van der Waals surface area contributed by atoms with Crippen LogP contribution in [0.5, 0.6) is 17.2 Å². The van der Waals surface area contributed by atoms with Crippen molar-refractivity contribution >= 4 is 17.5 Å². The summed E-state index contributed by atoms with van der Waals surface area (Å²) >= 11 is 0. The third kappa shape index (κ3) is 3.76. The summed E-state index contributed by atoms with van der Waals surface area (Å²) < 4.78 is 16.0. The Balaban J connectivity index is 2.32. The molecule has 0 spiro atoms. The number of benzene rings is 1. The lowest BCUT2D eigenvalue weighted by Gasteiger charge is -2.19. The maximum absolute atomic E-state index is 5.34. The van der Waals surface area contributed by atoms with Crippen LogP contribution in [0.4, 0.5) is 17.5 Å². The number of nitrogens with zero attached hydrogens (tertiary/aromatic N) is 4. The van der Waals surface area contributed by atoms with E-state index in [1.807, 2.05) is 0 Å². The molecule has 1 heterocycles. The van der Waals surface area contributed by atoms with E-state index in [0.717, 1.165) is 18.9 Å². The van der Waals surface area contributed by atoms with Crippen molar-refractivity contribution in [3.05, 3.63) is 18.3 Å². The molecular weight excluding hydrogens is 310 g/mol. The molecule has 2 rings (SSSR count). The molecule has 8 nitrogen and oxygen atoms in total. The number of hydrogen-bond acceptors (Lipinski definition) is 8. The minimum absolute atomic E-state index is 0.397. The predicted molar refractivity (Wildman–Crippen MR) is 92.8 cm³/mol. The van der Waals surface area contributed by atoms with Gasteiger partial charge in [-0.1, -0.05) is 0 Å². The summed E-state index contributed by atoms with van der Waals surface area (Å²) in [6, 6.07) is 3.57. The van der Waals surface area contributed by atoms with E-state index in [9.17, 15) is 0 Å². The Kier molecular flexibility index (Phi) is 6.00. The Morgan fingerprint density at radius 3 is 2.12 bits per heavy atom. The number of aromatic nitrogens is 3. The molecule has 0 aliphatic carbocycles. The average Bonchev–Trinajstić information content (AvgIpc) is 2.62. The molecule has 1 aromatic heterocycles. The van der Waals surface area contributed by atoms with Gasteiger partial charge in [0.1, 0.15) is 0 Å². The van der Waals surface area contributed by atoms with Crippen molar-refractivity contribution in [2.24, 2.45) is 0 Å². The Morgan fingerprint density at radius 1 is 1.00 bits per heavy atom. The molecule has 0 saturated carbocycles. The quantitative estimate of drug-likeness (QED) is 0.789. The van der Waals surface area contributed by atoms with Crippen LogP contribution in [0, 0.1) is 0 Å². The normalized spacial score (nSPS) is 10.2. The van der Waals surface area contributed by atoms with E-state index in [1.54, 1.807) is 39.7 Å². The van der Waals surface area contributed by atoms with Gasteiger partial charge in [0.05, 0.1) is 27.5 Å². The Morgan fingerprint density at radius 2 is 1.62 bits per heavy atom. The van der Waals surface area contributed by atoms with Crippen molar-refractivity contribution < 1.29 is 14.2 Å². The molecular formula is C16H23N5O3. The van der Waals surface area contributed by atoms with Gasteiger partial charge in [0.2, 0.25) is 11.7 Å². The van der Waals surface area contributed by atoms with Crippen molar-refractivity contribution in [2.45, 2.75) is 13.8 Å². The third-order valence-corrected chi connectivity index (χ3v) is 3.55. The minimum atomic E-state index is 0.397. The summed E-state index contributed by atoms with van der Waals surface area (Å²) in [5.74, 6) is 2.79. The molecule has 0 aliphatic heterocycles. The molecule has 2 aromatic rings. The smallest absolute Gasteiger partial charge is 0.249 e. The first kappa shape index (κ1) is 17.6. The standard InChI is InChI=1S/C16H23N5O3/c1-6-21(7-2)14-10-17-20-16(19-14)18-11-8-12(22-3)15(24-5)13(9-11)23-4/h8-10H,6-7H2,1-5H3,(H,18,19,20). The molecule has 24 heavy (non-hydrogen) atoms. The summed E-state index contributed by atoms with van der Waals surface area (Å²) in [5, 5.41) is 11.2. The SMILES string of the molecule is CCN(CC)c1cnnc(Nc2cc(OC)c(OC)c(OC)c2)n1. The zero-order valence-electron chi connectivity index (χ0n) is 14.7. The molecule has 1 N–H and O–H groups in total. The van der Waals surface area contributed by atoms with Crippen molar-refractivity contribution in [1.82, 2.24) is 15.2 Å². The average molecular weight is 333 g/mol. The molecule has 0 bridgehead atoms. The van der Waals surface area contributed by atoms with Gasteiger partial charge in [0, 0.05) is 30.9 Å². The molecule has 0 saturated heterocycles. The number of ether oxygens (including phenoxy) is 3. The molecule has 0 radical (unpaired) electrons. The summed E-state index contributed by atoms with van der Waals surface area (Å²) in [4.78, 5) is 6.58. The van der Waals surface area contributed by atoms with E-state index in [1.165, 1.54) is 0 Å². The lowest BCUT2D eigenvalue weighted by molar-refractivity contribution is 0.324. The summed E-state index contributed by atoms with van der Waals surface area (Å²) in [6.45, 7) is 5.83. The van der Waals surface area contributed by atoms with Gasteiger partial charge in [0.25, 0.3) is 0 Å². The van der Waals surface area contributed by atoms with Gasteiger partial charge in [-0.2, -0.15) is 10.1 Å². The number of hydrogen-bond donors (Lipinski definition) is 1. The Labute approximate surface area is 141 Å². The van der Waals surface area contributed by atoms with Crippen LogP contribution in [0.25, 0.3) is 0 Å². The summed E-state index contributed by atoms with van der Waals surface area (Å²) in [7, 11) is 4.70. The van der Waals surface area contributed by atoms with Gasteiger partial charge in [-0.3, -0.25) is 0 Å². The second kappa shape index (κ2) is 8.19. The number of rotatable bonds is 8. The minimum Gasteiger partial charge on any atom is -0.493 e. The predicted octanol–water partition coefficient (Wildman–Crippen LogP) is 2.49. The second-order valence-electron chi connectivity index (χ2n) is 4.85. The van der Waals surface area contributed by atoms with Crippen LogP contribution in [0.3, 0.4) is 0 Å². The summed E-state index contributed by atoms with van der Waals surface area (Å²) in [5.41, 5.74) is 0.711. The molecule has 0 unspecified atom stereocenters. The van der Waals surface area contributed by atoms with Gasteiger partial charge in [-0.15, -0.1) is 5.10 Å². The van der Waals surface area contributed by atoms with Crippen LogP contribution in [-0.4, -0.2) is 49.6 Å². The van der Waals surface area contributed by atoms with Crippen molar-refractivity contribution in [2.75, 3.05) is 44.6 Å². The van der Waals surface area contributed by atoms with Crippen LogP contribution in [0.1, 0.15) is 13.8 Å². The van der Waals surface area contributed by atoms with Crippen LogP contribution < -0.4 is 24.4 Å². The number of methoxy groups -OCH3 is 3. The van der Waals surface area contributed by atoms with Crippen LogP contribution in [0.15, 0.2) is 18.3 Å². The first-order chi connectivity index (χ1) is 11.7. The first-order valence-corrected chi connectivity index (χ1v) is 7.68. The largest absolute Gasteiger partial charge is 0.493 e. The van der Waals surface area contributed by atoms with Gasteiger partial charge in [-0.25, -0.2) is 0 Å². The molecule has 1 aromatic carbocycles. The lowest BCUT2D eigenvalue weighted by atomic mass is 10.2. The van der Waals surface area contributed by atoms with Gasteiger partial charge in [-0.05, 0) is 13.8 Å². The molecule has 0 aliphatic rings. The molecule has 0 atom stereocenters. The fraction of sp³-hybridized carbons (Fsp3) is 0.438. The Hall–Kier alpha value is -2.77. The fourth-order valence-corrected chi connectivity index (χ4v) is 2.33. The molecule has 8 heteroatoms. The molecule has 0 fully saturated rings. The highest BCUT2D eigenvalue weighted by molar-refractivity contribution is 5.65. The second-order valence-corrected chi connectivity index (χ2v) is 4.85. The number of anilines is 3. The number of nitrogens with one attached hydrogen (secondary N) is 1. The van der Waals surface area contributed by atoms with E-state index < -0.39 is 0 Å². The van der Waals surface area contributed by atoms with Crippen molar-refractivity contribution in [3.63, 3.8) is 0 Å². The maximum atomic E-state index is 5.34. The van der Waals surface area contributed by atoms with E-state index in [4.69, 9.17) is 14.2 Å². The Bertz CT molecular complexity index is 652. The molecule has 0 amide bonds. The van der Waals surface area contributed by atoms with E-state index >= 15 is 0 Å². The van der Waals surface area contributed by atoms with Crippen LogP contribution in [-0.2, 0) is 0 Å². The summed E-state index contributed by atoms with van der Waals surface area (Å²) in [6.07, 6.45) is 1.65. The van der Waals surface area contributed by atoms with E-state index in [2.05, 4.69) is 39.2 Å². The fourth-order valence-electron chi connectivity index (χ4n) is 2.33. The highest BCUT2D eigenvalue weighted by Gasteiger charge is 2.14. The maximum Gasteiger partial charge on any atom is 0.249 e. The molecule has 130 valence electrons. The third-order valence-electron chi connectivity index (χ3n) is 3.55. The van der Waals surface area contributed by atoms with Gasteiger partial charge >= 0.3 is 0 Å². The van der Waals surface area contributed by atoms with Gasteiger partial charge < -0.3 is 24.4 Å². The first-order valence-electron chi connectivity index (χ1n) is 7.68. The van der Waals surface area contributed by atoms with Gasteiger partial charge in [0.15, 0.2) is 17.3 Å². The van der Waals surface area contributed by atoms with Crippen LogP contribution >= 0.6 is 0 Å².